The lowest BCUT2D eigenvalue weighted by atomic mass is 10.1. The van der Waals surface area contributed by atoms with Gasteiger partial charge < -0.3 is 14.9 Å². The Hall–Kier alpha value is -2.48. The van der Waals surface area contributed by atoms with Crippen LogP contribution in [0.3, 0.4) is 0 Å². The van der Waals surface area contributed by atoms with Crippen LogP contribution >= 0.6 is 15.9 Å². The summed E-state index contributed by atoms with van der Waals surface area (Å²) in [7, 11) is 1.28. The Bertz CT molecular complexity index is 777. The van der Waals surface area contributed by atoms with Crippen molar-refractivity contribution in [3.63, 3.8) is 0 Å². The average molecular weight is 403 g/mol. The van der Waals surface area contributed by atoms with E-state index in [1.165, 1.54) is 19.2 Å². The molecule has 0 aromatic heterocycles. The van der Waals surface area contributed by atoms with Gasteiger partial charge in [0.2, 0.25) is 0 Å². The highest BCUT2D eigenvalue weighted by molar-refractivity contribution is 9.10. The molecule has 0 aliphatic rings. The second-order valence-corrected chi connectivity index (χ2v) is 5.41. The van der Waals surface area contributed by atoms with E-state index in [1.54, 1.807) is 13.0 Å². The van der Waals surface area contributed by atoms with Crippen molar-refractivity contribution in [1.82, 2.24) is 0 Å². The number of aryl methyl sites for hydroxylation is 1. The van der Waals surface area contributed by atoms with Gasteiger partial charge in [0.25, 0.3) is 0 Å². The van der Waals surface area contributed by atoms with E-state index in [4.69, 9.17) is 10.2 Å². The Morgan fingerprint density at radius 3 is 2.04 bits per heavy atom. The predicted octanol–water partition coefficient (Wildman–Crippen LogP) is 4.13. The Morgan fingerprint density at radius 2 is 1.58 bits per heavy atom. The largest absolute Gasteiger partial charge is 0.494 e. The molecule has 0 atom stereocenters. The molecule has 2 rings (SSSR count). The molecule has 24 heavy (non-hydrogen) atoms. The molecule has 128 valence electrons. The first-order valence-electron chi connectivity index (χ1n) is 6.43. The van der Waals surface area contributed by atoms with Crippen LogP contribution in [0.25, 0.3) is 0 Å². The van der Waals surface area contributed by atoms with E-state index in [0.717, 1.165) is 12.1 Å². The summed E-state index contributed by atoms with van der Waals surface area (Å²) in [5.74, 6) is -3.73. The van der Waals surface area contributed by atoms with Crippen molar-refractivity contribution in [2.45, 2.75) is 6.92 Å². The Balaban J connectivity index is 0.000000243. The average Bonchev–Trinajstić information content (AvgIpc) is 2.47. The molecule has 0 bridgehead atoms. The number of carboxylic acid groups (broad SMARTS) is 2. The summed E-state index contributed by atoms with van der Waals surface area (Å²) in [4.78, 5) is 20.9. The summed E-state index contributed by atoms with van der Waals surface area (Å²) < 4.78 is 30.5. The Labute approximate surface area is 144 Å². The number of aromatic carboxylic acids is 2. The van der Waals surface area contributed by atoms with Crippen molar-refractivity contribution < 1.29 is 33.3 Å². The summed E-state index contributed by atoms with van der Waals surface area (Å²) in [6.07, 6.45) is 0. The zero-order valence-corrected chi connectivity index (χ0v) is 14.2. The molecule has 2 N–H and O–H groups in total. The Kier molecular flexibility index (Phi) is 6.84. The van der Waals surface area contributed by atoms with Gasteiger partial charge in [-0.2, -0.15) is 0 Å². The number of carboxylic acids is 2. The van der Waals surface area contributed by atoms with Crippen LogP contribution in [-0.2, 0) is 0 Å². The quantitative estimate of drug-likeness (QED) is 0.806. The first kappa shape index (κ1) is 19.6. The lowest BCUT2D eigenvalue weighted by Gasteiger charge is -2.04. The summed E-state index contributed by atoms with van der Waals surface area (Å²) in [6, 6.07) is 6.20. The molecule has 0 fully saturated rings. The molecule has 0 saturated carbocycles. The minimum absolute atomic E-state index is 0.0294. The van der Waals surface area contributed by atoms with Gasteiger partial charge in [-0.15, -0.1) is 0 Å². The van der Waals surface area contributed by atoms with Crippen molar-refractivity contribution in [1.29, 1.82) is 0 Å². The van der Waals surface area contributed by atoms with E-state index in [-0.39, 0.29) is 21.3 Å². The number of ether oxygens (including phenoxy) is 1. The molecule has 8 heteroatoms. The van der Waals surface area contributed by atoms with Gasteiger partial charge in [0.1, 0.15) is 5.82 Å². The van der Waals surface area contributed by atoms with Gasteiger partial charge in [0.05, 0.1) is 18.2 Å². The lowest BCUT2D eigenvalue weighted by molar-refractivity contribution is 0.0682. The van der Waals surface area contributed by atoms with Gasteiger partial charge in [-0.3, -0.25) is 0 Å². The van der Waals surface area contributed by atoms with Crippen LogP contribution in [0.2, 0.25) is 0 Å². The fraction of sp³-hybridized carbons (Fsp3) is 0.125. The van der Waals surface area contributed by atoms with Crippen LogP contribution in [0.5, 0.6) is 5.75 Å². The third-order valence-corrected chi connectivity index (χ3v) is 3.48. The van der Waals surface area contributed by atoms with E-state index in [9.17, 15) is 18.4 Å². The molecular formula is C16H13BrF2O5. The number of hydrogen-bond acceptors (Lipinski definition) is 3. The van der Waals surface area contributed by atoms with Crippen LogP contribution in [-0.4, -0.2) is 29.3 Å². The Morgan fingerprint density at radius 1 is 1.00 bits per heavy atom. The SMILES string of the molecule is COc1cc(C(=O)O)c(Br)cc1F.Cc1ccc(C(=O)O)c(F)c1. The molecule has 5 nitrogen and oxygen atoms in total. The standard InChI is InChI=1S/C8H6BrFO3.C8H7FO2/c1-13-7-2-4(8(11)12)5(9)3-6(7)10;1-5-2-3-6(8(10)11)7(9)4-5/h2-3H,1H3,(H,11,12);2-4H,1H3,(H,10,11). The molecule has 2 aromatic carbocycles. The number of rotatable bonds is 3. The minimum atomic E-state index is -1.23. The maximum atomic E-state index is 12.9. The number of carbonyl (C=O) groups is 2. The second kappa shape index (κ2) is 8.39. The van der Waals surface area contributed by atoms with E-state index in [1.807, 2.05) is 0 Å². The molecule has 0 heterocycles. The molecule has 0 saturated heterocycles. The molecule has 0 aliphatic carbocycles. The maximum absolute atomic E-state index is 12.9. The van der Waals surface area contributed by atoms with Gasteiger partial charge in [-0.05, 0) is 52.7 Å². The fourth-order valence-electron chi connectivity index (χ4n) is 1.64. The topological polar surface area (TPSA) is 83.8 Å². The summed E-state index contributed by atoms with van der Waals surface area (Å²) >= 11 is 2.93. The lowest BCUT2D eigenvalue weighted by Crippen LogP contribution is -2.00. The second-order valence-electron chi connectivity index (χ2n) is 4.56. The summed E-state index contributed by atoms with van der Waals surface area (Å²) in [6.45, 7) is 1.70. The number of halogens is 3. The zero-order chi connectivity index (χ0) is 18.4. The van der Waals surface area contributed by atoms with Gasteiger partial charge in [0, 0.05) is 4.47 Å². The van der Waals surface area contributed by atoms with Crippen molar-refractivity contribution in [2.24, 2.45) is 0 Å². The summed E-state index contributed by atoms with van der Waals surface area (Å²) in [5, 5.41) is 17.1. The van der Waals surface area contributed by atoms with Crippen molar-refractivity contribution in [2.75, 3.05) is 7.11 Å². The van der Waals surface area contributed by atoms with Crippen LogP contribution in [0.1, 0.15) is 26.3 Å². The zero-order valence-electron chi connectivity index (χ0n) is 12.6. The highest BCUT2D eigenvalue weighted by Gasteiger charge is 2.13. The summed E-state index contributed by atoms with van der Waals surface area (Å²) in [5.41, 5.74) is 0.404. The smallest absolute Gasteiger partial charge is 0.338 e. The van der Waals surface area contributed by atoms with Gasteiger partial charge in [0.15, 0.2) is 11.6 Å². The number of benzene rings is 2. The van der Waals surface area contributed by atoms with Crippen LogP contribution < -0.4 is 4.74 Å². The van der Waals surface area contributed by atoms with E-state index in [0.29, 0.717) is 5.56 Å². The number of hydrogen-bond donors (Lipinski definition) is 2. The molecule has 2 aromatic rings. The highest BCUT2D eigenvalue weighted by Crippen LogP contribution is 2.25. The monoisotopic (exact) mass is 402 g/mol. The van der Waals surface area contributed by atoms with E-state index in [2.05, 4.69) is 20.7 Å². The fourth-order valence-corrected chi connectivity index (χ4v) is 2.13. The first-order valence-corrected chi connectivity index (χ1v) is 7.22. The predicted molar refractivity (Wildman–Crippen MR) is 85.7 cm³/mol. The van der Waals surface area contributed by atoms with Crippen LogP contribution in [0.4, 0.5) is 8.78 Å². The first-order chi connectivity index (χ1) is 11.2. The van der Waals surface area contributed by atoms with Gasteiger partial charge in [-0.25, -0.2) is 18.4 Å². The van der Waals surface area contributed by atoms with Crippen molar-refractivity contribution in [3.8, 4) is 5.75 Å². The third-order valence-electron chi connectivity index (χ3n) is 2.83. The van der Waals surface area contributed by atoms with E-state index >= 15 is 0 Å². The van der Waals surface area contributed by atoms with Gasteiger partial charge in [-0.1, -0.05) is 6.07 Å². The molecular weight excluding hydrogens is 390 g/mol. The van der Waals surface area contributed by atoms with Gasteiger partial charge >= 0.3 is 11.9 Å². The van der Waals surface area contributed by atoms with Crippen LogP contribution in [0, 0.1) is 18.6 Å². The molecule has 0 amide bonds. The highest BCUT2D eigenvalue weighted by atomic mass is 79.9. The molecule has 0 unspecified atom stereocenters. The minimum Gasteiger partial charge on any atom is -0.494 e. The van der Waals surface area contributed by atoms with Crippen molar-refractivity contribution in [3.05, 3.63) is 63.1 Å². The van der Waals surface area contributed by atoms with Crippen LogP contribution in [0.15, 0.2) is 34.8 Å². The van der Waals surface area contributed by atoms with Crippen molar-refractivity contribution >= 4 is 27.9 Å². The molecule has 0 spiro atoms. The van der Waals surface area contributed by atoms with E-state index < -0.39 is 23.6 Å². The molecule has 0 aliphatic heterocycles. The third kappa shape index (κ3) is 5.02. The maximum Gasteiger partial charge on any atom is 0.338 e. The molecule has 0 radical (unpaired) electrons. The normalized spacial score (nSPS) is 9.71. The number of methoxy groups -OCH3 is 1.